The molecule has 110 valence electrons. The molecule has 1 aliphatic carbocycles. The Morgan fingerprint density at radius 3 is 2.24 bits per heavy atom. The van der Waals surface area contributed by atoms with Crippen molar-refractivity contribution in [3.8, 4) is 0 Å². The first kappa shape index (κ1) is 14.8. The van der Waals surface area contributed by atoms with Gasteiger partial charge in [0.15, 0.2) is 11.5 Å². The number of carbonyl (C=O) groups excluding carboxylic acids is 2. The lowest BCUT2D eigenvalue weighted by Gasteiger charge is -2.03. The van der Waals surface area contributed by atoms with Gasteiger partial charge < -0.3 is 14.6 Å². The van der Waals surface area contributed by atoms with Crippen LogP contribution in [0.1, 0.15) is 12.0 Å². The van der Waals surface area contributed by atoms with Crippen LogP contribution in [0.5, 0.6) is 0 Å². The third-order valence-electron chi connectivity index (χ3n) is 3.26. The molecule has 0 aliphatic heterocycles. The molecule has 0 saturated heterocycles. The molecule has 2 rings (SSSR count). The second-order valence-electron chi connectivity index (χ2n) is 4.53. The number of hydrogen-bond acceptors (Lipinski definition) is 5. The number of hydrogen-bond donors (Lipinski definition) is 1. The zero-order chi connectivity index (χ0) is 15.4. The van der Waals surface area contributed by atoms with Gasteiger partial charge in [-0.3, -0.25) is 9.59 Å². The van der Waals surface area contributed by atoms with E-state index in [0.717, 1.165) is 5.56 Å². The van der Waals surface area contributed by atoms with Crippen molar-refractivity contribution >= 4 is 11.6 Å². The quantitative estimate of drug-likeness (QED) is 0.811. The summed E-state index contributed by atoms with van der Waals surface area (Å²) >= 11 is 0. The minimum Gasteiger partial charge on any atom is -0.504 e. The lowest BCUT2D eigenvalue weighted by molar-refractivity contribution is -0.121. The molecule has 1 aromatic carbocycles. The van der Waals surface area contributed by atoms with Gasteiger partial charge in [-0.2, -0.15) is 0 Å². The van der Waals surface area contributed by atoms with Gasteiger partial charge in [0.2, 0.25) is 17.3 Å². The van der Waals surface area contributed by atoms with E-state index in [0.29, 0.717) is 6.42 Å². The van der Waals surface area contributed by atoms with E-state index in [1.54, 1.807) is 0 Å². The number of Topliss-reactive ketones (excluding diaryl/α,β-unsaturated/α-hetero) is 2. The topological polar surface area (TPSA) is 72.8 Å². The second-order valence-corrected chi connectivity index (χ2v) is 4.53. The van der Waals surface area contributed by atoms with Gasteiger partial charge in [-0.25, -0.2) is 0 Å². The highest BCUT2D eigenvalue weighted by molar-refractivity contribution is 6.28. The molecule has 0 atom stereocenters. The fourth-order valence-corrected chi connectivity index (χ4v) is 2.21. The smallest absolute Gasteiger partial charge is 0.239 e. The summed E-state index contributed by atoms with van der Waals surface area (Å²) < 4.78 is 9.81. The van der Waals surface area contributed by atoms with Crippen LogP contribution in [0, 0.1) is 0 Å². The fourth-order valence-electron chi connectivity index (χ4n) is 2.21. The third-order valence-corrected chi connectivity index (χ3v) is 3.26. The summed E-state index contributed by atoms with van der Waals surface area (Å²) in [7, 11) is 2.59. The molecule has 0 saturated carbocycles. The van der Waals surface area contributed by atoms with Gasteiger partial charge in [0.25, 0.3) is 0 Å². The van der Waals surface area contributed by atoms with Crippen LogP contribution in [-0.4, -0.2) is 30.9 Å². The summed E-state index contributed by atoms with van der Waals surface area (Å²) in [6.07, 6.45) is 0.623. The maximum Gasteiger partial charge on any atom is 0.239 e. The van der Waals surface area contributed by atoms with Gasteiger partial charge in [-0.1, -0.05) is 30.3 Å². The molecule has 0 spiro atoms. The number of ketones is 2. The first-order valence-electron chi connectivity index (χ1n) is 6.47. The van der Waals surface area contributed by atoms with Crippen LogP contribution in [0.3, 0.4) is 0 Å². The van der Waals surface area contributed by atoms with Gasteiger partial charge in [0, 0.05) is 6.42 Å². The van der Waals surface area contributed by atoms with Crippen molar-refractivity contribution < 1.29 is 24.2 Å². The number of methoxy groups -OCH3 is 2. The van der Waals surface area contributed by atoms with Crippen molar-refractivity contribution in [2.75, 3.05) is 14.2 Å². The van der Waals surface area contributed by atoms with Gasteiger partial charge in [-0.05, 0) is 12.0 Å². The molecule has 0 amide bonds. The van der Waals surface area contributed by atoms with Crippen molar-refractivity contribution in [3.05, 3.63) is 58.7 Å². The van der Waals surface area contributed by atoms with Crippen molar-refractivity contribution in [2.45, 2.75) is 12.8 Å². The molecule has 0 fully saturated rings. The average molecular weight is 288 g/mol. The highest BCUT2D eigenvalue weighted by atomic mass is 16.5. The number of ether oxygens (including phenoxy) is 2. The Labute approximate surface area is 122 Å². The van der Waals surface area contributed by atoms with Gasteiger partial charge in [0.1, 0.15) is 5.57 Å². The zero-order valence-corrected chi connectivity index (χ0v) is 11.9. The number of carbonyl (C=O) groups is 2. The molecule has 0 unspecified atom stereocenters. The Kier molecular flexibility index (Phi) is 4.42. The zero-order valence-electron chi connectivity index (χ0n) is 11.9. The fraction of sp³-hybridized carbons (Fsp3) is 0.250. The van der Waals surface area contributed by atoms with E-state index in [2.05, 4.69) is 0 Å². The monoisotopic (exact) mass is 288 g/mol. The van der Waals surface area contributed by atoms with Crippen LogP contribution in [0.2, 0.25) is 0 Å². The number of allylic oxidation sites excluding steroid dienone is 1. The summed E-state index contributed by atoms with van der Waals surface area (Å²) in [5.41, 5.74) is 0.725. The molecule has 5 nitrogen and oxygen atoms in total. The number of benzene rings is 1. The normalized spacial score (nSPS) is 14.7. The van der Waals surface area contributed by atoms with E-state index < -0.39 is 17.3 Å². The molecule has 1 aromatic rings. The predicted molar refractivity (Wildman–Crippen MR) is 75.5 cm³/mol. The number of aliphatic hydroxyl groups is 1. The van der Waals surface area contributed by atoms with E-state index in [1.165, 1.54) is 14.2 Å². The van der Waals surface area contributed by atoms with Crippen molar-refractivity contribution in [1.29, 1.82) is 0 Å². The summed E-state index contributed by atoms with van der Waals surface area (Å²) in [5, 5.41) is 9.96. The van der Waals surface area contributed by atoms with Gasteiger partial charge >= 0.3 is 0 Å². The van der Waals surface area contributed by atoms with E-state index in [1.807, 2.05) is 30.3 Å². The number of aryl methyl sites for hydroxylation is 1. The Balaban J connectivity index is 2.14. The Bertz CT molecular complexity index is 625. The maximum absolute atomic E-state index is 12.2. The van der Waals surface area contributed by atoms with Crippen LogP contribution < -0.4 is 0 Å². The molecular formula is C16H16O5. The standard InChI is InChI=1S/C16H16O5/c1-20-15-13(18)12(14(19)16(15)21-2)11(17)9-8-10-6-4-3-5-7-10/h3-7,18H,8-9H2,1-2H3. The Morgan fingerprint density at radius 1 is 1.10 bits per heavy atom. The van der Waals surface area contributed by atoms with Crippen LogP contribution in [0.4, 0.5) is 0 Å². The molecule has 5 heteroatoms. The van der Waals surface area contributed by atoms with E-state index in [9.17, 15) is 14.7 Å². The summed E-state index contributed by atoms with van der Waals surface area (Å²) in [6, 6.07) is 9.45. The lowest BCUT2D eigenvalue weighted by atomic mass is 10.0. The molecule has 21 heavy (non-hydrogen) atoms. The van der Waals surface area contributed by atoms with Crippen LogP contribution >= 0.6 is 0 Å². The van der Waals surface area contributed by atoms with Crippen LogP contribution in [0.25, 0.3) is 0 Å². The lowest BCUT2D eigenvalue weighted by Crippen LogP contribution is -2.14. The number of aliphatic hydroxyl groups excluding tert-OH is 1. The van der Waals surface area contributed by atoms with E-state index in [-0.39, 0.29) is 23.5 Å². The number of rotatable bonds is 6. The van der Waals surface area contributed by atoms with Gasteiger partial charge in [0.05, 0.1) is 14.2 Å². The van der Waals surface area contributed by atoms with Crippen molar-refractivity contribution in [1.82, 2.24) is 0 Å². The Morgan fingerprint density at radius 2 is 1.71 bits per heavy atom. The highest BCUT2D eigenvalue weighted by Crippen LogP contribution is 2.30. The van der Waals surface area contributed by atoms with Crippen LogP contribution in [-0.2, 0) is 25.5 Å². The third kappa shape index (κ3) is 2.81. The molecule has 0 bridgehead atoms. The first-order chi connectivity index (χ1) is 10.1. The summed E-state index contributed by atoms with van der Waals surface area (Å²) in [5.74, 6) is -1.74. The molecule has 0 heterocycles. The van der Waals surface area contributed by atoms with Gasteiger partial charge in [-0.15, -0.1) is 0 Å². The van der Waals surface area contributed by atoms with Crippen molar-refractivity contribution in [3.63, 3.8) is 0 Å². The average Bonchev–Trinajstić information content (AvgIpc) is 2.75. The maximum atomic E-state index is 12.2. The van der Waals surface area contributed by atoms with Crippen molar-refractivity contribution in [2.24, 2.45) is 0 Å². The first-order valence-corrected chi connectivity index (χ1v) is 6.47. The highest BCUT2D eigenvalue weighted by Gasteiger charge is 2.38. The summed E-state index contributed by atoms with van der Waals surface area (Å²) in [6.45, 7) is 0. The Hall–Kier alpha value is -2.56. The molecule has 0 radical (unpaired) electrons. The largest absolute Gasteiger partial charge is 0.504 e. The summed E-state index contributed by atoms with van der Waals surface area (Å²) in [4.78, 5) is 24.3. The van der Waals surface area contributed by atoms with Crippen LogP contribution in [0.15, 0.2) is 53.2 Å². The second kappa shape index (κ2) is 6.26. The van der Waals surface area contributed by atoms with E-state index >= 15 is 0 Å². The SMILES string of the molecule is COC1=C(OC)C(O)=C(C(=O)CCc2ccccc2)C1=O. The minimum absolute atomic E-state index is 0.0921. The minimum atomic E-state index is -0.634. The molecule has 1 aliphatic rings. The molecule has 1 N–H and O–H groups in total. The van der Waals surface area contributed by atoms with E-state index in [4.69, 9.17) is 9.47 Å². The predicted octanol–water partition coefficient (Wildman–Crippen LogP) is 2.09. The molecular weight excluding hydrogens is 272 g/mol. The molecule has 0 aromatic heterocycles.